The number of hydrogen-bond donors (Lipinski definition) is 1. The van der Waals surface area contributed by atoms with E-state index in [1.54, 1.807) is 35.1 Å². The first-order chi connectivity index (χ1) is 12.8. The minimum Gasteiger partial charge on any atom is -0.355 e. The Balaban J connectivity index is 1.42. The fraction of sp³-hybridized carbons (Fsp3) is 0.263. The number of carbonyl (C=O) groups is 1. The van der Waals surface area contributed by atoms with Crippen LogP contribution >= 0.6 is 0 Å². The van der Waals surface area contributed by atoms with Gasteiger partial charge in [0.25, 0.3) is 5.91 Å². The van der Waals surface area contributed by atoms with Crippen LogP contribution in [0.3, 0.4) is 0 Å². The van der Waals surface area contributed by atoms with Crippen LogP contribution in [0.1, 0.15) is 28.9 Å². The molecule has 0 bridgehead atoms. The van der Waals surface area contributed by atoms with Crippen molar-refractivity contribution < 1.29 is 4.79 Å². The van der Waals surface area contributed by atoms with Crippen LogP contribution in [0.15, 0.2) is 48.8 Å². The normalized spacial score (nSPS) is 15.0. The van der Waals surface area contributed by atoms with Crippen molar-refractivity contribution in [3.05, 3.63) is 60.0 Å². The lowest BCUT2D eigenvalue weighted by molar-refractivity contribution is 0.0923. The van der Waals surface area contributed by atoms with Gasteiger partial charge in [0.2, 0.25) is 0 Å². The standard InChI is InChI=1S/C19H18N6O/c20-13-14-3-2-9-21-18(14)24-11-7-15(8-12-24)23-19(26)17-5-1-4-16-6-10-22-25(16)17/h1-6,9-10,15H,7-8,11-12H2,(H,23,26). The minimum atomic E-state index is -0.117. The number of piperidine rings is 1. The molecule has 0 aromatic carbocycles. The largest absolute Gasteiger partial charge is 0.355 e. The summed E-state index contributed by atoms with van der Waals surface area (Å²) in [5.41, 5.74) is 2.01. The fourth-order valence-corrected chi connectivity index (χ4v) is 3.35. The summed E-state index contributed by atoms with van der Waals surface area (Å²) < 4.78 is 1.65. The second-order valence-corrected chi connectivity index (χ2v) is 6.30. The first kappa shape index (κ1) is 16.1. The van der Waals surface area contributed by atoms with E-state index >= 15 is 0 Å². The molecule has 4 heterocycles. The summed E-state index contributed by atoms with van der Waals surface area (Å²) in [6.07, 6.45) is 5.00. The van der Waals surface area contributed by atoms with Crippen molar-refractivity contribution in [1.82, 2.24) is 19.9 Å². The van der Waals surface area contributed by atoms with Gasteiger partial charge in [-0.1, -0.05) is 6.07 Å². The number of nitriles is 1. The highest BCUT2D eigenvalue weighted by atomic mass is 16.2. The van der Waals surface area contributed by atoms with Crippen molar-refractivity contribution in [3.8, 4) is 6.07 Å². The second kappa shape index (κ2) is 6.84. The Morgan fingerprint density at radius 1 is 1.15 bits per heavy atom. The van der Waals surface area contributed by atoms with Gasteiger partial charge in [0.1, 0.15) is 17.6 Å². The lowest BCUT2D eigenvalue weighted by Crippen LogP contribution is -2.45. The van der Waals surface area contributed by atoms with Gasteiger partial charge < -0.3 is 10.2 Å². The molecular formula is C19H18N6O. The second-order valence-electron chi connectivity index (χ2n) is 6.30. The zero-order valence-electron chi connectivity index (χ0n) is 14.2. The first-order valence-corrected chi connectivity index (χ1v) is 8.60. The van der Waals surface area contributed by atoms with Crippen LogP contribution in [0, 0.1) is 11.3 Å². The van der Waals surface area contributed by atoms with E-state index in [4.69, 9.17) is 0 Å². The quantitative estimate of drug-likeness (QED) is 0.784. The van der Waals surface area contributed by atoms with Gasteiger partial charge in [0.15, 0.2) is 0 Å². The SMILES string of the molecule is N#Cc1cccnc1N1CCC(NC(=O)c2cccc3ccnn23)CC1. The number of hydrogen-bond acceptors (Lipinski definition) is 5. The van der Waals surface area contributed by atoms with Crippen molar-refractivity contribution in [1.29, 1.82) is 5.26 Å². The van der Waals surface area contributed by atoms with Crippen LogP contribution in [-0.4, -0.2) is 39.6 Å². The van der Waals surface area contributed by atoms with Gasteiger partial charge in [-0.2, -0.15) is 10.4 Å². The Bertz CT molecular complexity index is 981. The van der Waals surface area contributed by atoms with Crippen LogP contribution in [-0.2, 0) is 0 Å². The van der Waals surface area contributed by atoms with Crippen molar-refractivity contribution in [2.24, 2.45) is 0 Å². The molecule has 26 heavy (non-hydrogen) atoms. The van der Waals surface area contributed by atoms with Crippen molar-refractivity contribution in [2.45, 2.75) is 18.9 Å². The average Bonchev–Trinajstić information content (AvgIpc) is 3.17. The molecule has 3 aromatic heterocycles. The van der Waals surface area contributed by atoms with Crippen LogP contribution in [0.25, 0.3) is 5.52 Å². The smallest absolute Gasteiger partial charge is 0.270 e. The number of carbonyl (C=O) groups excluding carboxylic acids is 1. The van der Waals surface area contributed by atoms with E-state index in [1.165, 1.54) is 0 Å². The number of amides is 1. The number of fused-ring (bicyclic) bond motifs is 1. The van der Waals surface area contributed by atoms with E-state index in [0.717, 1.165) is 37.3 Å². The van der Waals surface area contributed by atoms with Gasteiger partial charge in [-0.3, -0.25) is 4.79 Å². The van der Waals surface area contributed by atoms with E-state index in [2.05, 4.69) is 26.4 Å². The number of pyridine rings is 2. The zero-order valence-corrected chi connectivity index (χ0v) is 14.2. The van der Waals surface area contributed by atoms with E-state index < -0.39 is 0 Å². The first-order valence-electron chi connectivity index (χ1n) is 8.60. The van der Waals surface area contributed by atoms with Crippen LogP contribution < -0.4 is 10.2 Å². The highest BCUT2D eigenvalue weighted by molar-refractivity contribution is 5.93. The topological polar surface area (TPSA) is 86.3 Å². The molecule has 4 rings (SSSR count). The van der Waals surface area contributed by atoms with Gasteiger partial charge in [0.05, 0.1) is 17.3 Å². The molecule has 0 radical (unpaired) electrons. The summed E-state index contributed by atoms with van der Waals surface area (Å²) in [6.45, 7) is 1.51. The summed E-state index contributed by atoms with van der Waals surface area (Å²) in [5.74, 6) is 0.606. The van der Waals surface area contributed by atoms with Crippen LogP contribution in [0.2, 0.25) is 0 Å². The van der Waals surface area contributed by atoms with Gasteiger partial charge in [0, 0.05) is 25.3 Å². The summed E-state index contributed by atoms with van der Waals surface area (Å²) >= 11 is 0. The Hall–Kier alpha value is -3.40. The lowest BCUT2D eigenvalue weighted by atomic mass is 10.0. The zero-order chi connectivity index (χ0) is 17.9. The summed E-state index contributed by atoms with van der Waals surface area (Å²) in [4.78, 5) is 19.1. The molecule has 0 unspecified atom stereocenters. The molecular weight excluding hydrogens is 328 g/mol. The predicted molar refractivity (Wildman–Crippen MR) is 96.8 cm³/mol. The predicted octanol–water partition coefficient (Wildman–Crippen LogP) is 2.00. The number of nitrogens with one attached hydrogen (secondary N) is 1. The third-order valence-corrected chi connectivity index (χ3v) is 4.69. The van der Waals surface area contributed by atoms with Gasteiger partial charge >= 0.3 is 0 Å². The summed E-state index contributed by atoms with van der Waals surface area (Å²) in [5, 5.41) is 16.6. The van der Waals surface area contributed by atoms with E-state index in [9.17, 15) is 10.1 Å². The Morgan fingerprint density at radius 3 is 2.81 bits per heavy atom. The third-order valence-electron chi connectivity index (χ3n) is 4.69. The molecule has 1 N–H and O–H groups in total. The minimum absolute atomic E-state index is 0.0961. The maximum atomic E-state index is 12.6. The Morgan fingerprint density at radius 2 is 2.00 bits per heavy atom. The molecule has 7 heteroatoms. The number of anilines is 1. The molecule has 130 valence electrons. The summed E-state index contributed by atoms with van der Waals surface area (Å²) in [6, 6.07) is 13.3. The molecule has 1 saturated heterocycles. The van der Waals surface area contributed by atoms with Gasteiger partial charge in [-0.25, -0.2) is 9.50 Å². The third kappa shape index (κ3) is 2.97. The summed E-state index contributed by atoms with van der Waals surface area (Å²) in [7, 11) is 0. The molecule has 1 aliphatic rings. The Labute approximate surface area is 150 Å². The number of nitrogens with zero attached hydrogens (tertiary/aromatic N) is 5. The number of aromatic nitrogens is 3. The van der Waals surface area contributed by atoms with Crippen molar-refractivity contribution in [2.75, 3.05) is 18.0 Å². The molecule has 1 fully saturated rings. The highest BCUT2D eigenvalue weighted by Gasteiger charge is 2.24. The maximum absolute atomic E-state index is 12.6. The van der Waals surface area contributed by atoms with Crippen molar-refractivity contribution >= 4 is 17.2 Å². The molecule has 7 nitrogen and oxygen atoms in total. The van der Waals surface area contributed by atoms with Crippen LogP contribution in [0.4, 0.5) is 5.82 Å². The molecule has 0 spiro atoms. The Kier molecular flexibility index (Phi) is 4.23. The van der Waals surface area contributed by atoms with Crippen molar-refractivity contribution in [3.63, 3.8) is 0 Å². The van der Waals surface area contributed by atoms with Crippen LogP contribution in [0.5, 0.6) is 0 Å². The fourth-order valence-electron chi connectivity index (χ4n) is 3.35. The molecule has 0 aliphatic carbocycles. The van der Waals surface area contributed by atoms with E-state index in [0.29, 0.717) is 11.3 Å². The molecule has 0 atom stereocenters. The van der Waals surface area contributed by atoms with E-state index in [1.807, 2.05) is 18.2 Å². The lowest BCUT2D eigenvalue weighted by Gasteiger charge is -2.33. The maximum Gasteiger partial charge on any atom is 0.270 e. The number of rotatable bonds is 3. The monoisotopic (exact) mass is 346 g/mol. The average molecular weight is 346 g/mol. The molecule has 1 aliphatic heterocycles. The molecule has 3 aromatic rings. The molecule has 1 amide bonds. The molecule has 0 saturated carbocycles. The van der Waals surface area contributed by atoms with Gasteiger partial charge in [-0.05, 0) is 43.2 Å². The van der Waals surface area contributed by atoms with E-state index in [-0.39, 0.29) is 11.9 Å². The highest BCUT2D eigenvalue weighted by Crippen LogP contribution is 2.21. The van der Waals surface area contributed by atoms with Gasteiger partial charge in [-0.15, -0.1) is 0 Å².